The molecule has 0 spiro atoms. The Morgan fingerprint density at radius 1 is 0.586 bits per heavy atom. The van der Waals surface area contributed by atoms with Crippen LogP contribution in [-0.2, 0) is 38.0 Å². The second kappa shape index (κ2) is 36.5. The van der Waals surface area contributed by atoms with E-state index in [2.05, 4.69) is 13.2 Å². The van der Waals surface area contributed by atoms with Crippen molar-refractivity contribution in [1.29, 1.82) is 0 Å². The number of unbranched alkanes of at least 4 members (excludes halogenated alkanes) is 8. The molecule has 4 unspecified atom stereocenters. The second-order valence-electron chi connectivity index (χ2n) is 26.1. The van der Waals surface area contributed by atoms with Gasteiger partial charge in [0.2, 0.25) is 5.91 Å². The predicted molar refractivity (Wildman–Crippen MR) is 374 cm³/mol. The number of methoxy groups -OCH3 is 2. The average Bonchev–Trinajstić information content (AvgIpc) is 1.64. The fourth-order valence-corrected chi connectivity index (χ4v) is 14.7. The number of carbonyl (C=O) groups is 6. The highest BCUT2D eigenvalue weighted by atomic mass is 35.5. The van der Waals surface area contributed by atoms with Gasteiger partial charge in [-0.2, -0.15) is 0 Å². The van der Waals surface area contributed by atoms with E-state index in [0.29, 0.717) is 136 Å². The lowest BCUT2D eigenvalue weighted by Gasteiger charge is -2.42. The number of aromatic hydroxyl groups is 1. The fraction of sp³-hybridized carbons (Fsp3) is 0.573. The van der Waals surface area contributed by atoms with Gasteiger partial charge in [0.05, 0.1) is 67.7 Å². The van der Waals surface area contributed by atoms with Crippen molar-refractivity contribution in [2.24, 2.45) is 0 Å². The summed E-state index contributed by atoms with van der Waals surface area (Å²) in [6.07, 6.45) is 17.9. The first-order valence-corrected chi connectivity index (χ1v) is 36.1. The topological polar surface area (TPSA) is 251 Å². The van der Waals surface area contributed by atoms with Crippen LogP contribution in [0.4, 0.5) is 26.7 Å². The molecule has 538 valence electrons. The molecular weight excluding hydrogens is 1290 g/mol. The summed E-state index contributed by atoms with van der Waals surface area (Å²) < 4.78 is 59.9. The van der Waals surface area contributed by atoms with E-state index in [1.165, 1.54) is 36.2 Å². The normalized spacial score (nSPS) is 21.8. The quantitative estimate of drug-likeness (QED) is 0.0291. The van der Waals surface area contributed by atoms with Gasteiger partial charge < -0.3 is 72.3 Å². The molecule has 4 fully saturated rings. The van der Waals surface area contributed by atoms with Crippen molar-refractivity contribution in [3.63, 3.8) is 0 Å². The number of fused-ring (bicyclic) bond motifs is 7. The Hall–Kier alpha value is -7.83. The summed E-state index contributed by atoms with van der Waals surface area (Å²) in [4.78, 5) is 88.3. The standard InChI is InChI=1S/C44H54ClN3O9.C31H44N2O9/c1-3-21-56-44(52)48-34-26-38(37(53-2)24-32(34)42(51)46-20-12-10-17-33(46)43(48)57-40-19-11-14-23-55-40)54-22-13-6-4-5-7-18-39(50)47-28-29(27-45)41-31-16-9-8-15-30(31)36(49)25-35(41)47;1-3-17-41-31(37)33-24-21-26(39-18-11-6-4-5-7-14-27(34)35)25(38-2)20-22(24)29(36)32-16-10-8-13-23(32)30(33)42-28-15-9-12-19-40-28/h3,8-9,15-16,24-26,29,33,40,43,49H,1,4-7,10-14,17-23,27-28H2,2H3;3,20-21,23,28,30H,1,4-19H2,2H3,(H,34,35)/t29-,33+,40?,43?;23-,28?,30?/m10/s1. The van der Waals surface area contributed by atoms with Crippen LogP contribution in [0.5, 0.6) is 28.7 Å². The van der Waals surface area contributed by atoms with Crippen LogP contribution in [0, 0.1) is 0 Å². The number of phenolic OH excluding ortho intramolecular Hbond substituents is 1. The molecule has 0 aliphatic carbocycles. The fourth-order valence-electron chi connectivity index (χ4n) is 14.5. The molecule has 99 heavy (non-hydrogen) atoms. The number of carboxylic acid groups (broad SMARTS) is 1. The molecular formula is C75H98ClN5O18. The number of carbonyl (C=O) groups excluding carboxylic acids is 5. The molecule has 7 aliphatic heterocycles. The van der Waals surface area contributed by atoms with Gasteiger partial charge in [0.25, 0.3) is 11.8 Å². The smallest absolute Gasteiger partial charge is 0.416 e. The van der Waals surface area contributed by atoms with E-state index >= 15 is 0 Å². The van der Waals surface area contributed by atoms with Gasteiger partial charge in [-0.3, -0.25) is 19.2 Å². The third kappa shape index (κ3) is 18.0. The van der Waals surface area contributed by atoms with Gasteiger partial charge in [-0.05, 0) is 126 Å². The molecule has 0 saturated carbocycles. The van der Waals surface area contributed by atoms with Gasteiger partial charge in [0.15, 0.2) is 48.0 Å². The van der Waals surface area contributed by atoms with Gasteiger partial charge in [-0.25, -0.2) is 19.4 Å². The minimum absolute atomic E-state index is 0.00397. The molecule has 0 aromatic heterocycles. The molecule has 4 aromatic carbocycles. The number of phenols is 1. The number of alkyl halides is 1. The van der Waals surface area contributed by atoms with Crippen LogP contribution >= 0.6 is 11.6 Å². The van der Waals surface area contributed by atoms with Crippen LogP contribution in [0.1, 0.15) is 186 Å². The van der Waals surface area contributed by atoms with Crippen molar-refractivity contribution in [3.8, 4) is 28.7 Å². The Kier molecular flexibility index (Phi) is 27.2. The number of nitrogens with zero attached hydrogens (tertiary/aromatic N) is 5. The zero-order chi connectivity index (χ0) is 69.8. The van der Waals surface area contributed by atoms with Crippen molar-refractivity contribution in [2.75, 3.05) is 94.1 Å². The van der Waals surface area contributed by atoms with Gasteiger partial charge in [-0.15, -0.1) is 11.6 Å². The number of anilines is 3. The summed E-state index contributed by atoms with van der Waals surface area (Å²) >= 11 is 6.36. The van der Waals surface area contributed by atoms with E-state index in [9.17, 15) is 33.9 Å². The molecule has 2 N–H and O–H groups in total. The zero-order valence-electron chi connectivity index (χ0n) is 57.4. The van der Waals surface area contributed by atoms with Crippen molar-refractivity contribution >= 4 is 75.3 Å². The highest BCUT2D eigenvalue weighted by Gasteiger charge is 2.49. The second-order valence-corrected chi connectivity index (χ2v) is 26.4. The van der Waals surface area contributed by atoms with E-state index in [-0.39, 0.29) is 55.1 Å². The van der Waals surface area contributed by atoms with E-state index in [1.807, 2.05) is 29.2 Å². The Labute approximate surface area is 585 Å². The molecule has 4 aromatic rings. The summed E-state index contributed by atoms with van der Waals surface area (Å²) in [5, 5.41) is 21.2. The number of carboxylic acids is 1. The predicted octanol–water partition coefficient (Wildman–Crippen LogP) is 14.2. The molecule has 5 amide bonds. The Balaban J connectivity index is 0.000000225. The van der Waals surface area contributed by atoms with Crippen LogP contribution in [0.25, 0.3) is 10.8 Å². The summed E-state index contributed by atoms with van der Waals surface area (Å²) in [5.41, 5.74) is 3.09. The molecule has 24 heteroatoms. The number of amides is 5. The van der Waals surface area contributed by atoms with E-state index in [0.717, 1.165) is 131 Å². The Morgan fingerprint density at radius 2 is 1.06 bits per heavy atom. The van der Waals surface area contributed by atoms with Crippen LogP contribution in [0.15, 0.2) is 79.9 Å². The Bertz CT molecular complexity index is 3450. The van der Waals surface area contributed by atoms with Crippen molar-refractivity contribution in [1.82, 2.24) is 9.80 Å². The van der Waals surface area contributed by atoms with Crippen LogP contribution in [0.3, 0.4) is 0 Å². The summed E-state index contributed by atoms with van der Waals surface area (Å²) in [6, 6.07) is 15.3. The molecule has 0 radical (unpaired) electrons. The Morgan fingerprint density at radius 3 is 1.53 bits per heavy atom. The van der Waals surface area contributed by atoms with E-state index < -0.39 is 49.2 Å². The summed E-state index contributed by atoms with van der Waals surface area (Å²) in [5.74, 6) is 1.04. The van der Waals surface area contributed by atoms with Gasteiger partial charge in [0.1, 0.15) is 19.0 Å². The highest BCUT2D eigenvalue weighted by Crippen LogP contribution is 2.48. The maximum absolute atomic E-state index is 14.2. The minimum atomic E-state index is -0.835. The number of hydrogen-bond donors (Lipinski definition) is 2. The number of rotatable bonds is 29. The maximum Gasteiger partial charge on any atom is 0.416 e. The lowest BCUT2D eigenvalue weighted by Crippen LogP contribution is -2.57. The largest absolute Gasteiger partial charge is 0.507 e. The zero-order valence-corrected chi connectivity index (χ0v) is 58.1. The first-order valence-electron chi connectivity index (χ1n) is 35.6. The van der Waals surface area contributed by atoms with Gasteiger partial charge in [0, 0.05) is 81.1 Å². The SMILES string of the molecule is C=CCOC(=O)N1c2cc(OCCCCCCCC(=O)N3C[C@@H](CCl)c4c3cc(O)c3ccccc43)c(OC)cc2C(=O)N2CCCC[C@H]2C1OC1CCCCO1.C=CCOC(=O)N1c2cc(OCCCCCCCC(=O)O)c(OC)cc2C(=O)N2CCCC[C@H]2C1OC1CCCCO1. The molecule has 7 atom stereocenters. The molecule has 7 aliphatic rings. The first-order chi connectivity index (χ1) is 48.3. The summed E-state index contributed by atoms with van der Waals surface area (Å²) in [6.45, 7) is 10.9. The number of ether oxygens (including phenoxy) is 10. The van der Waals surface area contributed by atoms with Crippen molar-refractivity contribution in [2.45, 2.75) is 197 Å². The van der Waals surface area contributed by atoms with E-state index in [4.69, 9.17) is 64.1 Å². The van der Waals surface area contributed by atoms with E-state index in [1.54, 1.807) is 40.1 Å². The first kappa shape index (κ1) is 73.9. The number of benzene rings is 4. The van der Waals surface area contributed by atoms with Crippen molar-refractivity contribution < 1.29 is 86.3 Å². The van der Waals surface area contributed by atoms with Crippen LogP contribution in [0.2, 0.25) is 0 Å². The minimum Gasteiger partial charge on any atom is -0.507 e. The number of aliphatic carboxylic acids is 1. The maximum atomic E-state index is 14.2. The molecule has 11 rings (SSSR count). The van der Waals surface area contributed by atoms with Crippen LogP contribution in [-0.4, -0.2) is 172 Å². The average molecular weight is 1390 g/mol. The van der Waals surface area contributed by atoms with Gasteiger partial charge >= 0.3 is 18.2 Å². The lowest BCUT2D eigenvalue weighted by molar-refractivity contribution is -0.199. The van der Waals surface area contributed by atoms with Crippen molar-refractivity contribution in [3.05, 3.63) is 96.6 Å². The number of halogens is 1. The third-order valence-electron chi connectivity index (χ3n) is 19.4. The lowest BCUT2D eigenvalue weighted by atomic mass is 9.95. The van der Waals surface area contributed by atoms with Gasteiger partial charge in [-0.1, -0.05) is 88.1 Å². The highest BCUT2D eigenvalue weighted by molar-refractivity contribution is 6.19. The molecule has 4 saturated heterocycles. The molecule has 23 nitrogen and oxygen atoms in total. The molecule has 7 heterocycles. The third-order valence-corrected chi connectivity index (χ3v) is 19.8. The number of piperidine rings is 2. The van der Waals surface area contributed by atoms with Crippen LogP contribution < -0.4 is 33.6 Å². The molecule has 0 bridgehead atoms. The summed E-state index contributed by atoms with van der Waals surface area (Å²) in [7, 11) is 3.05. The number of hydrogen-bond acceptors (Lipinski definition) is 17. The monoisotopic (exact) mass is 1390 g/mol.